The van der Waals surface area contributed by atoms with E-state index < -0.39 is 11.6 Å². The number of benzene rings is 2. The predicted molar refractivity (Wildman–Crippen MR) is 77.3 cm³/mol. The summed E-state index contributed by atoms with van der Waals surface area (Å²) >= 11 is 0. The SMILES string of the molecule is COc1cccc(C(=O)/C(C#N)=C/c2cccc(F)c2)c1. The highest BCUT2D eigenvalue weighted by atomic mass is 19.1. The van der Waals surface area contributed by atoms with Crippen LogP contribution in [0.5, 0.6) is 5.75 Å². The van der Waals surface area contributed by atoms with Gasteiger partial charge in [0.25, 0.3) is 0 Å². The summed E-state index contributed by atoms with van der Waals surface area (Å²) in [7, 11) is 1.50. The van der Waals surface area contributed by atoms with Crippen LogP contribution in [0.1, 0.15) is 15.9 Å². The van der Waals surface area contributed by atoms with Gasteiger partial charge in [-0.05, 0) is 35.9 Å². The van der Waals surface area contributed by atoms with Crippen molar-refractivity contribution >= 4 is 11.9 Å². The number of halogens is 1. The van der Waals surface area contributed by atoms with Gasteiger partial charge in [0.15, 0.2) is 0 Å². The van der Waals surface area contributed by atoms with Gasteiger partial charge in [-0.15, -0.1) is 0 Å². The van der Waals surface area contributed by atoms with Gasteiger partial charge in [-0.1, -0.05) is 24.3 Å². The van der Waals surface area contributed by atoms with E-state index in [1.54, 1.807) is 30.3 Å². The van der Waals surface area contributed by atoms with Crippen molar-refractivity contribution in [2.45, 2.75) is 0 Å². The molecule has 0 spiro atoms. The summed E-state index contributed by atoms with van der Waals surface area (Å²) in [5.74, 6) is -0.320. The van der Waals surface area contributed by atoms with Gasteiger partial charge < -0.3 is 4.74 Å². The number of nitriles is 1. The molecule has 2 aromatic rings. The largest absolute Gasteiger partial charge is 0.497 e. The van der Waals surface area contributed by atoms with Crippen molar-refractivity contribution in [2.75, 3.05) is 7.11 Å². The summed E-state index contributed by atoms with van der Waals surface area (Å²) in [5.41, 5.74) is 0.746. The van der Waals surface area contributed by atoms with Crippen LogP contribution < -0.4 is 4.74 Å². The first-order valence-corrected chi connectivity index (χ1v) is 6.20. The maximum atomic E-state index is 13.1. The molecule has 0 radical (unpaired) electrons. The van der Waals surface area contributed by atoms with E-state index in [0.29, 0.717) is 16.9 Å². The lowest BCUT2D eigenvalue weighted by Gasteiger charge is -2.03. The molecule has 21 heavy (non-hydrogen) atoms. The van der Waals surface area contributed by atoms with Crippen LogP contribution in [0.25, 0.3) is 6.08 Å². The zero-order valence-electron chi connectivity index (χ0n) is 11.3. The lowest BCUT2D eigenvalue weighted by Crippen LogP contribution is -2.02. The Kier molecular flexibility index (Phi) is 4.47. The highest BCUT2D eigenvalue weighted by molar-refractivity contribution is 6.14. The van der Waals surface area contributed by atoms with Gasteiger partial charge >= 0.3 is 0 Å². The smallest absolute Gasteiger partial charge is 0.203 e. The minimum Gasteiger partial charge on any atom is -0.497 e. The average molecular weight is 281 g/mol. The molecule has 2 aromatic carbocycles. The van der Waals surface area contributed by atoms with Gasteiger partial charge in [-0.25, -0.2) is 4.39 Å². The summed E-state index contributed by atoms with van der Waals surface area (Å²) in [6, 6.07) is 14.1. The topological polar surface area (TPSA) is 50.1 Å². The third-order valence-electron chi connectivity index (χ3n) is 2.86. The number of carbonyl (C=O) groups excluding carboxylic acids is 1. The van der Waals surface area contributed by atoms with Crippen molar-refractivity contribution in [1.29, 1.82) is 5.26 Å². The third-order valence-corrected chi connectivity index (χ3v) is 2.86. The molecule has 0 fully saturated rings. The number of allylic oxidation sites excluding steroid dienone is 1. The maximum absolute atomic E-state index is 13.1. The molecule has 0 aliphatic rings. The van der Waals surface area contributed by atoms with Crippen molar-refractivity contribution in [3.05, 3.63) is 71.0 Å². The fourth-order valence-electron chi connectivity index (χ4n) is 1.83. The average Bonchev–Trinajstić information content (AvgIpc) is 2.52. The highest BCUT2D eigenvalue weighted by Gasteiger charge is 2.13. The van der Waals surface area contributed by atoms with Gasteiger partial charge in [0.1, 0.15) is 23.2 Å². The Morgan fingerprint density at radius 2 is 2.00 bits per heavy atom. The Morgan fingerprint density at radius 1 is 1.24 bits per heavy atom. The minimum atomic E-state index is -0.430. The first-order chi connectivity index (χ1) is 10.1. The number of ether oxygens (including phenoxy) is 1. The van der Waals surface area contributed by atoms with Gasteiger partial charge in [-0.3, -0.25) is 4.79 Å². The van der Waals surface area contributed by atoms with E-state index in [0.717, 1.165) is 0 Å². The molecule has 0 saturated heterocycles. The molecule has 0 aromatic heterocycles. The standard InChI is InChI=1S/C17H12FNO2/c1-21-16-7-3-5-13(10-16)17(20)14(11-19)8-12-4-2-6-15(18)9-12/h2-10H,1H3/b14-8+. The van der Waals surface area contributed by atoms with Crippen molar-refractivity contribution in [1.82, 2.24) is 0 Å². The van der Waals surface area contributed by atoms with Crippen LogP contribution in [-0.2, 0) is 0 Å². The van der Waals surface area contributed by atoms with E-state index in [-0.39, 0.29) is 5.57 Å². The molecule has 4 heteroatoms. The summed E-state index contributed by atoms with van der Waals surface area (Å²) in [5, 5.41) is 9.15. The monoisotopic (exact) mass is 281 g/mol. The molecule has 3 nitrogen and oxygen atoms in total. The maximum Gasteiger partial charge on any atom is 0.203 e. The normalized spacial score (nSPS) is 10.8. The van der Waals surface area contributed by atoms with Crippen LogP contribution in [0, 0.1) is 17.1 Å². The Bertz CT molecular complexity index is 744. The Hall–Kier alpha value is -2.93. The van der Waals surface area contributed by atoms with E-state index in [4.69, 9.17) is 10.00 Å². The first kappa shape index (κ1) is 14.5. The summed E-state index contributed by atoms with van der Waals surface area (Å²) in [4.78, 5) is 12.3. The number of Topliss-reactive ketones (excluding diaryl/α,β-unsaturated/α-hetero) is 1. The summed E-state index contributed by atoms with van der Waals surface area (Å²) in [6.45, 7) is 0. The second-order valence-electron chi connectivity index (χ2n) is 4.29. The molecule has 2 rings (SSSR count). The van der Waals surface area contributed by atoms with Crippen LogP contribution in [0.3, 0.4) is 0 Å². The second kappa shape index (κ2) is 6.49. The van der Waals surface area contributed by atoms with Gasteiger partial charge in [0.2, 0.25) is 5.78 Å². The first-order valence-electron chi connectivity index (χ1n) is 6.20. The van der Waals surface area contributed by atoms with Crippen LogP contribution >= 0.6 is 0 Å². The lowest BCUT2D eigenvalue weighted by molar-refractivity contribution is 0.103. The van der Waals surface area contributed by atoms with Crippen LogP contribution in [0.2, 0.25) is 0 Å². The van der Waals surface area contributed by atoms with E-state index in [1.807, 2.05) is 6.07 Å². The Morgan fingerprint density at radius 3 is 2.67 bits per heavy atom. The molecule has 0 bridgehead atoms. The van der Waals surface area contributed by atoms with E-state index in [9.17, 15) is 9.18 Å². The molecule has 0 atom stereocenters. The fraction of sp³-hybridized carbons (Fsp3) is 0.0588. The third kappa shape index (κ3) is 3.54. The van der Waals surface area contributed by atoms with Crippen molar-refractivity contribution in [3.63, 3.8) is 0 Å². The number of rotatable bonds is 4. The number of ketones is 1. The van der Waals surface area contributed by atoms with Crippen LogP contribution in [-0.4, -0.2) is 12.9 Å². The number of hydrogen-bond donors (Lipinski definition) is 0. The summed E-state index contributed by atoms with van der Waals surface area (Å²) in [6.07, 6.45) is 1.37. The van der Waals surface area contributed by atoms with Gasteiger partial charge in [-0.2, -0.15) is 5.26 Å². The van der Waals surface area contributed by atoms with Gasteiger partial charge in [0.05, 0.1) is 7.11 Å². The quantitative estimate of drug-likeness (QED) is 0.488. The molecule has 0 aliphatic heterocycles. The zero-order valence-corrected chi connectivity index (χ0v) is 11.3. The second-order valence-corrected chi connectivity index (χ2v) is 4.29. The Balaban J connectivity index is 2.37. The highest BCUT2D eigenvalue weighted by Crippen LogP contribution is 2.17. The molecule has 0 aliphatic carbocycles. The molecular weight excluding hydrogens is 269 g/mol. The van der Waals surface area contributed by atoms with E-state index in [2.05, 4.69) is 0 Å². The minimum absolute atomic E-state index is 0.0612. The lowest BCUT2D eigenvalue weighted by atomic mass is 10.0. The molecule has 0 amide bonds. The zero-order chi connectivity index (χ0) is 15.2. The van der Waals surface area contributed by atoms with Crippen molar-refractivity contribution in [3.8, 4) is 11.8 Å². The fourth-order valence-corrected chi connectivity index (χ4v) is 1.83. The van der Waals surface area contributed by atoms with Gasteiger partial charge in [0, 0.05) is 5.56 Å². The van der Waals surface area contributed by atoms with E-state index in [1.165, 1.54) is 31.4 Å². The number of nitrogens with zero attached hydrogens (tertiary/aromatic N) is 1. The van der Waals surface area contributed by atoms with E-state index >= 15 is 0 Å². The molecular formula is C17H12FNO2. The predicted octanol–water partition coefficient (Wildman–Crippen LogP) is 3.62. The Labute approximate surface area is 121 Å². The number of carbonyl (C=O) groups is 1. The molecule has 0 saturated carbocycles. The molecule has 0 N–H and O–H groups in total. The van der Waals surface area contributed by atoms with Crippen molar-refractivity contribution in [2.24, 2.45) is 0 Å². The number of hydrogen-bond acceptors (Lipinski definition) is 3. The van der Waals surface area contributed by atoms with Crippen LogP contribution in [0.15, 0.2) is 54.1 Å². The van der Waals surface area contributed by atoms with Crippen LogP contribution in [0.4, 0.5) is 4.39 Å². The van der Waals surface area contributed by atoms with Crippen molar-refractivity contribution < 1.29 is 13.9 Å². The molecule has 0 heterocycles. The number of methoxy groups -OCH3 is 1. The molecule has 104 valence electrons. The summed E-state index contributed by atoms with van der Waals surface area (Å²) < 4.78 is 18.2. The molecule has 0 unspecified atom stereocenters.